The second-order valence-electron chi connectivity index (χ2n) is 5.38. The van der Waals surface area contributed by atoms with Gasteiger partial charge in [-0.2, -0.15) is 0 Å². The predicted octanol–water partition coefficient (Wildman–Crippen LogP) is 1.76. The molecule has 0 aromatic heterocycles. The lowest BCUT2D eigenvalue weighted by Crippen LogP contribution is -2.47. The number of carbonyl (C=O) groups excluding carboxylic acids is 3. The van der Waals surface area contributed by atoms with Crippen LogP contribution in [0.5, 0.6) is 0 Å². The van der Waals surface area contributed by atoms with Crippen LogP contribution in [0.2, 0.25) is 0 Å². The number of amides is 2. The molecule has 0 bridgehead atoms. The minimum absolute atomic E-state index is 0.219. The summed E-state index contributed by atoms with van der Waals surface area (Å²) in [5.74, 6) is -0.503. The summed E-state index contributed by atoms with van der Waals surface area (Å²) in [6.07, 6.45) is 6.85. The Morgan fingerprint density at radius 1 is 1.50 bits per heavy atom. The average Bonchev–Trinajstić information content (AvgIpc) is 2.53. The van der Waals surface area contributed by atoms with E-state index in [0.29, 0.717) is 30.3 Å². The third kappa shape index (κ3) is 3.93. The van der Waals surface area contributed by atoms with Gasteiger partial charge in [0.05, 0.1) is 0 Å². The highest BCUT2D eigenvalue weighted by molar-refractivity contribution is 6.07. The van der Waals surface area contributed by atoms with Crippen LogP contribution in [0.1, 0.15) is 32.6 Å². The van der Waals surface area contributed by atoms with Crippen LogP contribution in [-0.2, 0) is 14.4 Å². The Hall–Kier alpha value is -2.17. The Balaban J connectivity index is 3.07. The van der Waals surface area contributed by atoms with Gasteiger partial charge in [-0.15, -0.1) is 6.58 Å². The Bertz CT molecular complexity index is 532. The quantitative estimate of drug-likeness (QED) is 0.576. The van der Waals surface area contributed by atoms with Crippen molar-refractivity contribution in [2.45, 2.75) is 38.6 Å². The maximum atomic E-state index is 12.8. The number of nitrogens with zero attached hydrogens (tertiary/aromatic N) is 1. The highest BCUT2D eigenvalue weighted by Crippen LogP contribution is 2.26. The van der Waals surface area contributed by atoms with Crippen molar-refractivity contribution in [2.24, 2.45) is 0 Å². The molecule has 1 atom stereocenters. The van der Waals surface area contributed by atoms with Gasteiger partial charge in [-0.3, -0.25) is 14.4 Å². The van der Waals surface area contributed by atoms with Crippen LogP contribution in [0.4, 0.5) is 0 Å². The molecule has 0 aromatic carbocycles. The summed E-state index contributed by atoms with van der Waals surface area (Å²) in [6, 6.07) is -0.578. The molecule has 0 aromatic rings. The lowest BCUT2D eigenvalue weighted by atomic mass is 9.91. The van der Waals surface area contributed by atoms with E-state index < -0.39 is 6.04 Å². The van der Waals surface area contributed by atoms with E-state index >= 15 is 0 Å². The van der Waals surface area contributed by atoms with E-state index in [1.807, 2.05) is 6.92 Å². The van der Waals surface area contributed by atoms with E-state index in [0.717, 1.165) is 18.4 Å². The molecule has 120 valence electrons. The van der Waals surface area contributed by atoms with Crippen LogP contribution in [-0.4, -0.2) is 43.1 Å². The monoisotopic (exact) mass is 304 g/mol. The van der Waals surface area contributed by atoms with Gasteiger partial charge in [-0.05, 0) is 32.6 Å². The van der Waals surface area contributed by atoms with Crippen LogP contribution < -0.4 is 5.32 Å². The van der Waals surface area contributed by atoms with Crippen molar-refractivity contribution in [2.75, 3.05) is 14.1 Å². The lowest BCUT2D eigenvalue weighted by Gasteiger charge is -2.29. The Kier molecular flexibility index (Phi) is 6.76. The summed E-state index contributed by atoms with van der Waals surface area (Å²) in [7, 11) is 3.14. The van der Waals surface area contributed by atoms with Gasteiger partial charge in [0.1, 0.15) is 6.04 Å². The fraction of sp³-hybridized carbons (Fsp3) is 0.471. The second kappa shape index (κ2) is 8.32. The molecular weight excluding hydrogens is 280 g/mol. The number of hydrogen-bond acceptors (Lipinski definition) is 3. The van der Waals surface area contributed by atoms with Gasteiger partial charge in [-0.1, -0.05) is 17.7 Å². The number of aldehydes is 1. The first kappa shape index (κ1) is 17.9. The van der Waals surface area contributed by atoms with Crippen LogP contribution in [0.25, 0.3) is 0 Å². The molecule has 1 aliphatic rings. The maximum Gasteiger partial charge on any atom is 0.254 e. The molecule has 0 heterocycles. The summed E-state index contributed by atoms with van der Waals surface area (Å²) < 4.78 is 0. The SMILES string of the molecule is C=CCCC(C(=O)NC)N(C)C(=O)C1=C(C)CCC=C1C=O. The first-order valence-electron chi connectivity index (χ1n) is 7.43. The first-order valence-corrected chi connectivity index (χ1v) is 7.43. The van der Waals surface area contributed by atoms with Gasteiger partial charge in [0, 0.05) is 25.2 Å². The molecule has 0 saturated carbocycles. The van der Waals surface area contributed by atoms with E-state index in [9.17, 15) is 14.4 Å². The Labute approximate surface area is 131 Å². The van der Waals surface area contributed by atoms with E-state index in [1.165, 1.54) is 4.90 Å². The van der Waals surface area contributed by atoms with Crippen molar-refractivity contribution in [1.82, 2.24) is 10.2 Å². The largest absolute Gasteiger partial charge is 0.357 e. The molecule has 1 rings (SSSR count). The van der Waals surface area contributed by atoms with Crippen molar-refractivity contribution in [3.05, 3.63) is 35.5 Å². The fourth-order valence-electron chi connectivity index (χ4n) is 2.59. The summed E-state index contributed by atoms with van der Waals surface area (Å²) >= 11 is 0. The highest BCUT2D eigenvalue weighted by atomic mass is 16.2. The third-order valence-electron chi connectivity index (χ3n) is 3.92. The molecule has 0 fully saturated rings. The average molecular weight is 304 g/mol. The van der Waals surface area contributed by atoms with Crippen LogP contribution in [0.3, 0.4) is 0 Å². The number of likely N-dealkylation sites (N-methyl/N-ethyl adjacent to an activating group) is 2. The van der Waals surface area contributed by atoms with Crippen molar-refractivity contribution in [1.29, 1.82) is 0 Å². The second-order valence-corrected chi connectivity index (χ2v) is 5.38. The van der Waals surface area contributed by atoms with E-state index in [1.54, 1.807) is 26.2 Å². The summed E-state index contributed by atoms with van der Waals surface area (Å²) in [5.41, 5.74) is 1.73. The van der Waals surface area contributed by atoms with Gasteiger partial charge < -0.3 is 10.2 Å². The number of hydrogen-bond donors (Lipinski definition) is 1. The van der Waals surface area contributed by atoms with E-state index in [4.69, 9.17) is 0 Å². The minimum atomic E-state index is -0.578. The molecule has 2 amide bonds. The summed E-state index contributed by atoms with van der Waals surface area (Å²) in [5, 5.41) is 2.58. The Morgan fingerprint density at radius 2 is 2.18 bits per heavy atom. The molecule has 0 spiro atoms. The maximum absolute atomic E-state index is 12.8. The molecule has 0 radical (unpaired) electrons. The van der Waals surface area contributed by atoms with Gasteiger partial charge in [0.25, 0.3) is 5.91 Å². The van der Waals surface area contributed by atoms with Crippen molar-refractivity contribution >= 4 is 18.1 Å². The molecule has 5 nitrogen and oxygen atoms in total. The summed E-state index contributed by atoms with van der Waals surface area (Å²) in [4.78, 5) is 37.4. The van der Waals surface area contributed by atoms with Crippen LogP contribution in [0, 0.1) is 0 Å². The highest BCUT2D eigenvalue weighted by Gasteiger charge is 2.30. The van der Waals surface area contributed by atoms with Crippen LogP contribution >= 0.6 is 0 Å². The standard InChI is InChI=1S/C17H24N2O3/c1-5-6-10-14(16(21)18-3)19(4)17(22)15-12(2)8-7-9-13(15)11-20/h5,9,11,14H,1,6-8,10H2,2-4H3,(H,18,21). The molecule has 0 saturated heterocycles. The summed E-state index contributed by atoms with van der Waals surface area (Å²) in [6.45, 7) is 5.51. The Morgan fingerprint density at radius 3 is 2.73 bits per heavy atom. The van der Waals surface area contributed by atoms with Crippen molar-refractivity contribution in [3.8, 4) is 0 Å². The van der Waals surface area contributed by atoms with Gasteiger partial charge >= 0.3 is 0 Å². The molecule has 1 aliphatic carbocycles. The molecule has 5 heteroatoms. The molecule has 0 aliphatic heterocycles. The first-order chi connectivity index (χ1) is 10.5. The molecular formula is C17H24N2O3. The topological polar surface area (TPSA) is 66.5 Å². The normalized spacial score (nSPS) is 15.7. The van der Waals surface area contributed by atoms with E-state index in [2.05, 4.69) is 11.9 Å². The lowest BCUT2D eigenvalue weighted by molar-refractivity contribution is -0.136. The molecule has 1 unspecified atom stereocenters. The van der Waals surface area contributed by atoms with Crippen LogP contribution in [0.15, 0.2) is 35.5 Å². The van der Waals surface area contributed by atoms with E-state index in [-0.39, 0.29) is 11.8 Å². The number of carbonyl (C=O) groups is 3. The molecule has 22 heavy (non-hydrogen) atoms. The van der Waals surface area contributed by atoms with Crippen molar-refractivity contribution in [3.63, 3.8) is 0 Å². The molecule has 1 N–H and O–H groups in total. The number of nitrogens with one attached hydrogen (secondary N) is 1. The zero-order valence-electron chi connectivity index (χ0n) is 13.5. The minimum Gasteiger partial charge on any atom is -0.357 e. The smallest absolute Gasteiger partial charge is 0.254 e. The zero-order valence-corrected chi connectivity index (χ0v) is 13.5. The number of rotatable bonds is 7. The van der Waals surface area contributed by atoms with Gasteiger partial charge in [0.2, 0.25) is 5.91 Å². The predicted molar refractivity (Wildman–Crippen MR) is 86.1 cm³/mol. The third-order valence-corrected chi connectivity index (χ3v) is 3.92. The fourth-order valence-corrected chi connectivity index (χ4v) is 2.59. The number of allylic oxidation sites excluding steroid dienone is 3. The van der Waals surface area contributed by atoms with Crippen molar-refractivity contribution < 1.29 is 14.4 Å². The van der Waals surface area contributed by atoms with Gasteiger partial charge in [0.15, 0.2) is 6.29 Å². The zero-order chi connectivity index (χ0) is 16.7. The van der Waals surface area contributed by atoms with Gasteiger partial charge in [-0.25, -0.2) is 0 Å².